The molecule has 3 nitrogen and oxygen atoms in total. The Morgan fingerprint density at radius 2 is 0.919 bits per heavy atom. The maximum atomic E-state index is 6.24. The average Bonchev–Trinajstić information content (AvgIpc) is 2.98. The molecule has 1 N–H and O–H groups in total. The smallest absolute Gasteiger partial charge is 0.169 e. The van der Waals surface area contributed by atoms with E-state index in [2.05, 4.69) is 84.2 Å². The molecule has 1 aliphatic rings. The minimum absolute atomic E-state index is 0.317. The maximum absolute atomic E-state index is 6.24. The predicted molar refractivity (Wildman–Crippen MR) is 154 cm³/mol. The van der Waals surface area contributed by atoms with Crippen molar-refractivity contribution < 1.29 is 0 Å². The molecule has 4 heteroatoms. The third-order valence-electron chi connectivity index (χ3n) is 6.37. The van der Waals surface area contributed by atoms with Crippen LogP contribution in [0.1, 0.15) is 22.9 Å². The number of hydrogen-bond acceptors (Lipinski definition) is 3. The molecule has 1 aliphatic heterocycles. The Hall–Kier alpha value is -4.47. The number of nitrogens with zero attached hydrogens (tertiary/aromatic N) is 2. The lowest BCUT2D eigenvalue weighted by Crippen LogP contribution is -2.36. The predicted octanol–water partition coefficient (Wildman–Crippen LogP) is 8.17. The van der Waals surface area contributed by atoms with Crippen molar-refractivity contribution in [2.75, 3.05) is 0 Å². The van der Waals surface area contributed by atoms with Gasteiger partial charge in [-0.2, -0.15) is 0 Å². The summed E-state index contributed by atoms with van der Waals surface area (Å²) in [7, 11) is 0. The summed E-state index contributed by atoms with van der Waals surface area (Å²) in [6.45, 7) is 0. The van der Waals surface area contributed by atoms with E-state index in [1.54, 1.807) is 0 Å². The van der Waals surface area contributed by atoms with Crippen LogP contribution < -0.4 is 5.32 Å². The van der Waals surface area contributed by atoms with Crippen LogP contribution in [0.4, 0.5) is 0 Å². The van der Waals surface area contributed by atoms with Crippen molar-refractivity contribution >= 4 is 23.3 Å². The number of hydrogen-bond donors (Lipinski definition) is 1. The largest absolute Gasteiger partial charge is 0.324 e. The molecule has 1 unspecified atom stereocenters. The van der Waals surface area contributed by atoms with Gasteiger partial charge >= 0.3 is 0 Å². The van der Waals surface area contributed by atoms with Gasteiger partial charge in [-0.3, -0.25) is 0 Å². The van der Waals surface area contributed by atoms with Crippen LogP contribution in [0.3, 0.4) is 0 Å². The normalized spacial score (nSPS) is 14.9. The monoisotopic (exact) mass is 497 g/mol. The number of amidine groups is 2. The zero-order chi connectivity index (χ0) is 25.0. The first-order chi connectivity index (χ1) is 18.2. The summed E-state index contributed by atoms with van der Waals surface area (Å²) < 4.78 is 0. The van der Waals surface area contributed by atoms with E-state index in [0.717, 1.165) is 55.6 Å². The second kappa shape index (κ2) is 10.3. The maximum Gasteiger partial charge on any atom is 0.169 e. The van der Waals surface area contributed by atoms with Crippen molar-refractivity contribution in [1.29, 1.82) is 0 Å². The van der Waals surface area contributed by atoms with Gasteiger partial charge in [-0.05, 0) is 52.1 Å². The lowest BCUT2D eigenvalue weighted by Gasteiger charge is -2.22. The zero-order valence-corrected chi connectivity index (χ0v) is 20.8. The number of rotatable bonds is 5. The van der Waals surface area contributed by atoms with Gasteiger partial charge in [0, 0.05) is 16.1 Å². The lowest BCUT2D eigenvalue weighted by molar-refractivity contribution is 0.756. The van der Waals surface area contributed by atoms with Crippen molar-refractivity contribution in [2.45, 2.75) is 6.17 Å². The van der Waals surface area contributed by atoms with E-state index in [1.807, 2.05) is 54.6 Å². The molecule has 0 saturated heterocycles. The summed E-state index contributed by atoms with van der Waals surface area (Å²) in [4.78, 5) is 9.95. The molecule has 5 aromatic rings. The molecule has 5 aromatic carbocycles. The van der Waals surface area contributed by atoms with Gasteiger partial charge in [0.15, 0.2) is 6.17 Å². The van der Waals surface area contributed by atoms with E-state index in [4.69, 9.17) is 21.6 Å². The summed E-state index contributed by atoms with van der Waals surface area (Å²) in [5.74, 6) is 1.61. The number of nitrogens with one attached hydrogen (secondary N) is 1. The van der Waals surface area contributed by atoms with Crippen LogP contribution >= 0.6 is 11.6 Å². The van der Waals surface area contributed by atoms with Gasteiger partial charge in [-0.25, -0.2) is 9.98 Å². The Morgan fingerprint density at radius 3 is 1.54 bits per heavy atom. The van der Waals surface area contributed by atoms with E-state index >= 15 is 0 Å². The third-order valence-corrected chi connectivity index (χ3v) is 6.61. The highest BCUT2D eigenvalue weighted by atomic mass is 35.5. The first-order valence-corrected chi connectivity index (χ1v) is 12.6. The summed E-state index contributed by atoms with van der Waals surface area (Å²) in [6.07, 6.45) is -0.317. The Balaban J connectivity index is 1.38. The molecule has 0 saturated carbocycles. The molecule has 1 heterocycles. The van der Waals surface area contributed by atoms with Crippen molar-refractivity contribution in [3.8, 4) is 22.3 Å². The Kier molecular flexibility index (Phi) is 6.36. The third kappa shape index (κ3) is 5.09. The van der Waals surface area contributed by atoms with Gasteiger partial charge in [0.25, 0.3) is 0 Å². The summed E-state index contributed by atoms with van der Waals surface area (Å²) in [6, 6.07) is 45.3. The van der Waals surface area contributed by atoms with Gasteiger partial charge < -0.3 is 5.32 Å². The molecule has 0 fully saturated rings. The van der Waals surface area contributed by atoms with Crippen molar-refractivity contribution in [3.05, 3.63) is 155 Å². The molecule has 1 atom stereocenters. The molecular weight excluding hydrogens is 474 g/mol. The molecule has 0 bridgehead atoms. The molecule has 6 rings (SSSR count). The standard InChI is InChI=1S/C33H24ClN3/c34-30-19-9-17-28(22-30)26-15-7-14-25(20-26)27-16-8-18-29(21-27)33-36-31(23-10-3-1-4-11-23)35-32(37-33)24-12-5-2-6-13-24/h1-22,31H,(H,35,36,37). The highest BCUT2D eigenvalue weighted by Crippen LogP contribution is 2.29. The van der Waals surface area contributed by atoms with Crippen LogP contribution in [0, 0.1) is 0 Å². The van der Waals surface area contributed by atoms with E-state index < -0.39 is 0 Å². The van der Waals surface area contributed by atoms with Crippen LogP contribution in [0.2, 0.25) is 5.02 Å². The molecule has 37 heavy (non-hydrogen) atoms. The lowest BCUT2D eigenvalue weighted by atomic mass is 9.97. The SMILES string of the molecule is Clc1cccc(-c2cccc(-c3cccc(C4=NC(c5ccccc5)N=C(c5ccccc5)N4)c3)c2)c1. The van der Waals surface area contributed by atoms with Gasteiger partial charge in [0.1, 0.15) is 11.7 Å². The van der Waals surface area contributed by atoms with E-state index in [9.17, 15) is 0 Å². The van der Waals surface area contributed by atoms with Crippen LogP contribution in [-0.2, 0) is 0 Å². The Labute approximate surface area is 221 Å². The quantitative estimate of drug-likeness (QED) is 0.261. The molecule has 0 radical (unpaired) electrons. The number of benzene rings is 5. The zero-order valence-electron chi connectivity index (χ0n) is 20.1. The molecule has 178 valence electrons. The topological polar surface area (TPSA) is 36.8 Å². The van der Waals surface area contributed by atoms with Gasteiger partial charge in [-0.15, -0.1) is 0 Å². The summed E-state index contributed by atoms with van der Waals surface area (Å²) in [5, 5.41) is 4.22. The minimum Gasteiger partial charge on any atom is -0.324 e. The van der Waals surface area contributed by atoms with E-state index in [1.165, 1.54) is 0 Å². The average molecular weight is 498 g/mol. The van der Waals surface area contributed by atoms with Crippen LogP contribution in [0.15, 0.2) is 143 Å². The van der Waals surface area contributed by atoms with Gasteiger partial charge in [0.05, 0.1) is 0 Å². The molecule has 0 aliphatic carbocycles. The van der Waals surface area contributed by atoms with Crippen LogP contribution in [-0.4, -0.2) is 11.7 Å². The van der Waals surface area contributed by atoms with Crippen LogP contribution in [0.25, 0.3) is 22.3 Å². The second-order valence-electron chi connectivity index (χ2n) is 8.90. The van der Waals surface area contributed by atoms with Gasteiger partial charge in [0.2, 0.25) is 0 Å². The minimum atomic E-state index is -0.317. The van der Waals surface area contributed by atoms with Crippen molar-refractivity contribution in [2.24, 2.45) is 9.98 Å². The van der Waals surface area contributed by atoms with Gasteiger partial charge in [-0.1, -0.05) is 121 Å². The Morgan fingerprint density at radius 1 is 0.459 bits per heavy atom. The molecular formula is C33H24ClN3. The van der Waals surface area contributed by atoms with Crippen LogP contribution in [0.5, 0.6) is 0 Å². The van der Waals surface area contributed by atoms with Crippen molar-refractivity contribution in [1.82, 2.24) is 5.32 Å². The summed E-state index contributed by atoms with van der Waals surface area (Å²) >= 11 is 6.24. The summed E-state index contributed by atoms with van der Waals surface area (Å²) in [5.41, 5.74) is 7.56. The Bertz CT molecular complexity index is 1610. The molecule has 0 amide bonds. The molecule has 0 aromatic heterocycles. The van der Waals surface area contributed by atoms with Crippen molar-refractivity contribution in [3.63, 3.8) is 0 Å². The first-order valence-electron chi connectivity index (χ1n) is 12.2. The fourth-order valence-corrected chi connectivity index (χ4v) is 4.70. The highest BCUT2D eigenvalue weighted by molar-refractivity contribution is 6.30. The first kappa shape index (κ1) is 23.0. The number of aliphatic imine (C=N–C) groups is 2. The fraction of sp³-hybridized carbons (Fsp3) is 0.0303. The fourth-order valence-electron chi connectivity index (χ4n) is 4.51. The number of halogens is 1. The second-order valence-corrected chi connectivity index (χ2v) is 9.34. The van der Waals surface area contributed by atoms with E-state index in [-0.39, 0.29) is 6.17 Å². The molecule has 0 spiro atoms. The van der Waals surface area contributed by atoms with E-state index in [0.29, 0.717) is 0 Å². The highest BCUT2D eigenvalue weighted by Gasteiger charge is 2.20.